The number of aryl methyl sites for hydroxylation is 2. The number of thiazole rings is 1. The summed E-state index contributed by atoms with van der Waals surface area (Å²) in [6.45, 7) is 3.84. The van der Waals surface area contributed by atoms with Gasteiger partial charge in [-0.25, -0.2) is 4.98 Å². The summed E-state index contributed by atoms with van der Waals surface area (Å²) in [6.07, 6.45) is 1.38. The highest BCUT2D eigenvalue weighted by Gasteiger charge is 2.14. The third-order valence-corrected chi connectivity index (χ3v) is 3.34. The van der Waals surface area contributed by atoms with E-state index in [-0.39, 0.29) is 11.6 Å². The first-order valence-corrected chi connectivity index (χ1v) is 5.71. The van der Waals surface area contributed by atoms with Gasteiger partial charge in [0.15, 0.2) is 5.13 Å². The normalized spacial score (nSPS) is 10.4. The molecule has 1 amide bonds. The number of hydrogen-bond donors (Lipinski definition) is 2. The van der Waals surface area contributed by atoms with Gasteiger partial charge in [0, 0.05) is 4.88 Å². The molecule has 0 aliphatic carbocycles. The topological polar surface area (TPSA) is 70.7 Å². The molecule has 0 fully saturated rings. The lowest BCUT2D eigenvalue weighted by Crippen LogP contribution is -2.12. The highest BCUT2D eigenvalue weighted by Crippen LogP contribution is 2.22. The lowest BCUT2D eigenvalue weighted by atomic mass is 10.4. The zero-order valence-electron chi connectivity index (χ0n) is 8.67. The molecule has 2 N–H and O–H groups in total. The lowest BCUT2D eigenvalue weighted by Gasteiger charge is -1.98. The maximum Gasteiger partial charge on any atom is 0.277 e. The summed E-state index contributed by atoms with van der Waals surface area (Å²) in [7, 11) is 0. The summed E-state index contributed by atoms with van der Waals surface area (Å²) in [5, 5.41) is 9.72. The molecule has 0 aromatic carbocycles. The molecule has 0 saturated carbocycles. The van der Waals surface area contributed by atoms with Crippen LogP contribution >= 0.6 is 22.9 Å². The highest BCUT2D eigenvalue weighted by molar-refractivity contribution is 7.15. The Labute approximate surface area is 101 Å². The van der Waals surface area contributed by atoms with Gasteiger partial charge in [-0.1, -0.05) is 11.6 Å². The fourth-order valence-electron chi connectivity index (χ4n) is 1.12. The molecule has 0 unspecified atom stereocenters. The zero-order valence-corrected chi connectivity index (χ0v) is 10.2. The van der Waals surface area contributed by atoms with Crippen molar-refractivity contribution in [3.8, 4) is 0 Å². The Morgan fingerprint density at radius 3 is 2.81 bits per heavy atom. The Morgan fingerprint density at radius 1 is 1.56 bits per heavy atom. The second-order valence-electron chi connectivity index (χ2n) is 3.21. The van der Waals surface area contributed by atoms with Gasteiger partial charge < -0.3 is 0 Å². The standard InChI is InChI=1S/C9H9ClN4OS/c1-4-5(2)16-9(12-4)13-8(15)7-6(10)3-11-14-7/h3H,1-2H3,(H,11,14)(H,12,13,15). The summed E-state index contributed by atoms with van der Waals surface area (Å²) in [4.78, 5) is 17.0. The minimum atomic E-state index is -0.337. The van der Waals surface area contributed by atoms with Crippen molar-refractivity contribution in [3.63, 3.8) is 0 Å². The van der Waals surface area contributed by atoms with Crippen molar-refractivity contribution in [3.05, 3.63) is 27.5 Å². The number of H-pyrrole nitrogens is 1. The number of nitrogens with zero attached hydrogens (tertiary/aromatic N) is 2. The monoisotopic (exact) mass is 256 g/mol. The van der Waals surface area contributed by atoms with E-state index in [2.05, 4.69) is 20.5 Å². The minimum Gasteiger partial charge on any atom is -0.296 e. The van der Waals surface area contributed by atoms with Crippen molar-refractivity contribution in [1.29, 1.82) is 0 Å². The first-order chi connectivity index (χ1) is 7.58. The Hall–Kier alpha value is -1.40. The molecule has 7 heteroatoms. The van der Waals surface area contributed by atoms with Gasteiger partial charge in [-0.15, -0.1) is 11.3 Å². The number of carbonyl (C=O) groups is 1. The Morgan fingerprint density at radius 2 is 2.31 bits per heavy atom. The Bertz CT molecular complexity index is 514. The molecule has 5 nitrogen and oxygen atoms in total. The second kappa shape index (κ2) is 4.23. The summed E-state index contributed by atoms with van der Waals surface area (Å²) >= 11 is 7.19. The average Bonchev–Trinajstić information content (AvgIpc) is 2.74. The van der Waals surface area contributed by atoms with E-state index >= 15 is 0 Å². The SMILES string of the molecule is Cc1nc(NC(=O)c2[nH]ncc2Cl)sc1C. The van der Waals surface area contributed by atoms with Crippen molar-refractivity contribution in [2.45, 2.75) is 13.8 Å². The molecule has 2 rings (SSSR count). The number of carbonyl (C=O) groups excluding carboxylic acids is 1. The number of anilines is 1. The van der Waals surface area contributed by atoms with Crippen LogP contribution < -0.4 is 5.32 Å². The minimum absolute atomic E-state index is 0.243. The van der Waals surface area contributed by atoms with Gasteiger partial charge in [-0.2, -0.15) is 5.10 Å². The quantitative estimate of drug-likeness (QED) is 0.867. The summed E-state index contributed by atoms with van der Waals surface area (Å²) in [5.74, 6) is -0.337. The van der Waals surface area contributed by atoms with E-state index in [9.17, 15) is 4.79 Å². The number of aromatic nitrogens is 3. The molecule has 0 bridgehead atoms. The van der Waals surface area contributed by atoms with Crippen molar-refractivity contribution in [1.82, 2.24) is 15.2 Å². The van der Waals surface area contributed by atoms with E-state index in [1.807, 2.05) is 13.8 Å². The number of hydrogen-bond acceptors (Lipinski definition) is 4. The van der Waals surface area contributed by atoms with E-state index < -0.39 is 0 Å². The van der Waals surface area contributed by atoms with Crippen LogP contribution in [0.5, 0.6) is 0 Å². The lowest BCUT2D eigenvalue weighted by molar-refractivity contribution is 0.102. The molecule has 0 aliphatic heterocycles. The van der Waals surface area contributed by atoms with Gasteiger partial charge in [0.25, 0.3) is 5.91 Å². The van der Waals surface area contributed by atoms with E-state index in [1.54, 1.807) is 0 Å². The van der Waals surface area contributed by atoms with Gasteiger partial charge in [0.1, 0.15) is 5.69 Å². The van der Waals surface area contributed by atoms with Crippen LogP contribution in [0.1, 0.15) is 21.1 Å². The van der Waals surface area contributed by atoms with Gasteiger partial charge in [0.05, 0.1) is 16.9 Å². The van der Waals surface area contributed by atoms with E-state index in [4.69, 9.17) is 11.6 Å². The predicted molar refractivity (Wildman–Crippen MR) is 63.1 cm³/mol. The Kier molecular flexibility index (Phi) is 2.93. The first-order valence-electron chi connectivity index (χ1n) is 4.52. The molecular formula is C9H9ClN4OS. The summed E-state index contributed by atoms with van der Waals surface area (Å²) in [5.41, 5.74) is 1.16. The zero-order chi connectivity index (χ0) is 11.7. The number of nitrogens with one attached hydrogen (secondary N) is 2. The molecule has 84 valence electrons. The van der Waals surface area contributed by atoms with Gasteiger partial charge >= 0.3 is 0 Å². The van der Waals surface area contributed by atoms with Crippen LogP contribution in [-0.4, -0.2) is 21.1 Å². The molecule has 0 spiro atoms. The molecule has 0 aliphatic rings. The van der Waals surface area contributed by atoms with Crippen LogP contribution in [0.25, 0.3) is 0 Å². The second-order valence-corrected chi connectivity index (χ2v) is 4.82. The van der Waals surface area contributed by atoms with Crippen LogP contribution in [-0.2, 0) is 0 Å². The van der Waals surface area contributed by atoms with Gasteiger partial charge in [-0.05, 0) is 13.8 Å². The van der Waals surface area contributed by atoms with Crippen molar-refractivity contribution in [2.75, 3.05) is 5.32 Å². The fraction of sp³-hybridized carbons (Fsp3) is 0.222. The summed E-state index contributed by atoms with van der Waals surface area (Å²) < 4.78 is 0. The van der Waals surface area contributed by atoms with Crippen molar-refractivity contribution < 1.29 is 4.79 Å². The number of aromatic amines is 1. The maximum atomic E-state index is 11.7. The largest absolute Gasteiger partial charge is 0.296 e. The van der Waals surface area contributed by atoms with E-state index in [1.165, 1.54) is 17.5 Å². The Balaban J connectivity index is 2.17. The van der Waals surface area contributed by atoms with Crippen molar-refractivity contribution in [2.24, 2.45) is 0 Å². The molecule has 2 aromatic heterocycles. The van der Waals surface area contributed by atoms with Crippen LogP contribution in [0.3, 0.4) is 0 Å². The fourth-order valence-corrected chi connectivity index (χ4v) is 2.10. The smallest absolute Gasteiger partial charge is 0.277 e. The predicted octanol–water partition coefficient (Wildman–Crippen LogP) is 2.39. The van der Waals surface area contributed by atoms with Gasteiger partial charge in [-0.3, -0.25) is 15.2 Å². The average molecular weight is 257 g/mol. The van der Waals surface area contributed by atoms with Crippen LogP contribution in [0.2, 0.25) is 5.02 Å². The summed E-state index contributed by atoms with van der Waals surface area (Å²) in [6, 6.07) is 0. The maximum absolute atomic E-state index is 11.7. The molecule has 0 atom stereocenters. The van der Waals surface area contributed by atoms with Crippen LogP contribution in [0, 0.1) is 13.8 Å². The molecule has 16 heavy (non-hydrogen) atoms. The van der Waals surface area contributed by atoms with Crippen LogP contribution in [0.4, 0.5) is 5.13 Å². The number of amides is 1. The number of halogens is 1. The third-order valence-electron chi connectivity index (χ3n) is 2.07. The molecule has 0 saturated heterocycles. The molecule has 0 radical (unpaired) electrons. The molecule has 2 heterocycles. The van der Waals surface area contributed by atoms with E-state index in [0.717, 1.165) is 10.6 Å². The molecular weight excluding hydrogens is 248 g/mol. The first kappa shape index (κ1) is 11.1. The van der Waals surface area contributed by atoms with Crippen LogP contribution in [0.15, 0.2) is 6.20 Å². The van der Waals surface area contributed by atoms with Crippen molar-refractivity contribution >= 4 is 34.0 Å². The highest BCUT2D eigenvalue weighted by atomic mass is 35.5. The molecule has 2 aromatic rings. The third kappa shape index (κ3) is 2.07. The number of rotatable bonds is 2. The van der Waals surface area contributed by atoms with E-state index in [0.29, 0.717) is 10.2 Å². The van der Waals surface area contributed by atoms with Gasteiger partial charge in [0.2, 0.25) is 0 Å².